The van der Waals surface area contributed by atoms with E-state index in [0.29, 0.717) is 6.10 Å². The van der Waals surface area contributed by atoms with Crippen LogP contribution in [0.5, 0.6) is 5.75 Å². The van der Waals surface area contributed by atoms with Gasteiger partial charge in [0, 0.05) is 6.42 Å². The third-order valence-electron chi connectivity index (χ3n) is 3.34. The van der Waals surface area contributed by atoms with E-state index in [1.807, 2.05) is 0 Å². The van der Waals surface area contributed by atoms with Crippen LogP contribution in [-0.2, 0) is 11.2 Å². The average molecular weight is 238 g/mol. The highest BCUT2D eigenvalue weighted by Gasteiger charge is 2.24. The molecule has 2 nitrogen and oxygen atoms in total. The average Bonchev–Trinajstić information content (AvgIpc) is 2.77. The van der Waals surface area contributed by atoms with E-state index >= 15 is 0 Å². The lowest BCUT2D eigenvalue weighted by Gasteiger charge is -2.14. The number of hydrogen-bond donors (Lipinski definition) is 0. The van der Waals surface area contributed by atoms with Crippen molar-refractivity contribution in [1.29, 1.82) is 0 Å². The van der Waals surface area contributed by atoms with Gasteiger partial charge in [0.05, 0.1) is 19.3 Å². The summed E-state index contributed by atoms with van der Waals surface area (Å²) in [7, 11) is 1.61. The third kappa shape index (κ3) is 2.97. The van der Waals surface area contributed by atoms with Crippen LogP contribution < -0.4 is 4.74 Å². The smallest absolute Gasteiger partial charge is 0.123 e. The van der Waals surface area contributed by atoms with Crippen LogP contribution in [0, 0.1) is 5.82 Å². The maximum absolute atomic E-state index is 13.2. The van der Waals surface area contributed by atoms with E-state index in [4.69, 9.17) is 9.47 Å². The van der Waals surface area contributed by atoms with Gasteiger partial charge in [-0.2, -0.15) is 0 Å². The minimum Gasteiger partial charge on any atom is -0.496 e. The summed E-state index contributed by atoms with van der Waals surface area (Å²) in [6.45, 7) is 2.13. The number of ether oxygens (including phenoxy) is 2. The molecule has 0 aliphatic carbocycles. The van der Waals surface area contributed by atoms with Crippen molar-refractivity contribution < 1.29 is 13.9 Å². The molecule has 0 aromatic heterocycles. The molecule has 0 amide bonds. The molecule has 0 N–H and O–H groups in total. The number of benzene rings is 1. The number of rotatable bonds is 4. The molecule has 17 heavy (non-hydrogen) atoms. The molecule has 1 saturated heterocycles. The van der Waals surface area contributed by atoms with Crippen LogP contribution in [0.3, 0.4) is 0 Å². The Morgan fingerprint density at radius 1 is 1.35 bits per heavy atom. The van der Waals surface area contributed by atoms with Gasteiger partial charge in [-0.3, -0.25) is 0 Å². The molecule has 94 valence electrons. The van der Waals surface area contributed by atoms with E-state index in [9.17, 15) is 4.39 Å². The predicted molar refractivity (Wildman–Crippen MR) is 64.8 cm³/mol. The van der Waals surface area contributed by atoms with E-state index in [1.54, 1.807) is 19.2 Å². The number of methoxy groups -OCH3 is 1. The standard InChI is InChI=1S/C14H19FO2/c1-3-12-5-6-13(17-12)9-10-8-11(15)4-7-14(10)16-2/h4,7-8,12-13H,3,5-6,9H2,1-2H3. The molecule has 1 heterocycles. The molecule has 1 aromatic carbocycles. The molecular formula is C14H19FO2. The molecule has 0 saturated carbocycles. The van der Waals surface area contributed by atoms with Crippen LogP contribution in [0.1, 0.15) is 31.7 Å². The molecule has 1 fully saturated rings. The van der Waals surface area contributed by atoms with Crippen molar-refractivity contribution in [3.8, 4) is 5.75 Å². The summed E-state index contributed by atoms with van der Waals surface area (Å²) >= 11 is 0. The molecular weight excluding hydrogens is 219 g/mol. The molecule has 3 heteroatoms. The quantitative estimate of drug-likeness (QED) is 0.801. The molecule has 2 rings (SSSR count). The first-order valence-corrected chi connectivity index (χ1v) is 6.20. The predicted octanol–water partition coefficient (Wildman–Crippen LogP) is 3.33. The third-order valence-corrected chi connectivity index (χ3v) is 3.34. The maximum Gasteiger partial charge on any atom is 0.123 e. The highest BCUT2D eigenvalue weighted by atomic mass is 19.1. The molecule has 2 unspecified atom stereocenters. The van der Waals surface area contributed by atoms with Crippen LogP contribution in [0.25, 0.3) is 0 Å². The molecule has 1 aromatic rings. The van der Waals surface area contributed by atoms with Gasteiger partial charge in [-0.15, -0.1) is 0 Å². The van der Waals surface area contributed by atoms with Gasteiger partial charge in [-0.1, -0.05) is 6.92 Å². The van der Waals surface area contributed by atoms with E-state index in [0.717, 1.165) is 37.0 Å². The Hall–Kier alpha value is -1.09. The molecule has 2 atom stereocenters. The van der Waals surface area contributed by atoms with Crippen molar-refractivity contribution in [2.75, 3.05) is 7.11 Å². The van der Waals surface area contributed by atoms with Crippen molar-refractivity contribution in [2.45, 2.75) is 44.8 Å². The Morgan fingerprint density at radius 3 is 2.76 bits per heavy atom. The van der Waals surface area contributed by atoms with Crippen LogP contribution in [-0.4, -0.2) is 19.3 Å². The Labute approximate surface area is 102 Å². The molecule has 0 spiro atoms. The zero-order chi connectivity index (χ0) is 12.3. The summed E-state index contributed by atoms with van der Waals surface area (Å²) < 4.78 is 24.3. The second kappa shape index (κ2) is 5.50. The first kappa shape index (κ1) is 12.4. The summed E-state index contributed by atoms with van der Waals surface area (Å²) in [4.78, 5) is 0. The molecule has 1 aliphatic rings. The van der Waals surface area contributed by atoms with Gasteiger partial charge in [0.1, 0.15) is 11.6 Å². The van der Waals surface area contributed by atoms with Gasteiger partial charge >= 0.3 is 0 Å². The first-order valence-electron chi connectivity index (χ1n) is 6.20. The fraction of sp³-hybridized carbons (Fsp3) is 0.571. The lowest BCUT2D eigenvalue weighted by Crippen LogP contribution is -2.13. The van der Waals surface area contributed by atoms with Crippen molar-refractivity contribution in [2.24, 2.45) is 0 Å². The zero-order valence-corrected chi connectivity index (χ0v) is 10.4. The highest BCUT2D eigenvalue weighted by molar-refractivity contribution is 5.34. The fourth-order valence-corrected chi connectivity index (χ4v) is 2.38. The van der Waals surface area contributed by atoms with Crippen LogP contribution >= 0.6 is 0 Å². The molecule has 0 radical (unpaired) electrons. The SMILES string of the molecule is CCC1CCC(Cc2cc(F)ccc2OC)O1. The van der Waals surface area contributed by atoms with Gasteiger partial charge < -0.3 is 9.47 Å². The summed E-state index contributed by atoms with van der Waals surface area (Å²) in [6, 6.07) is 4.64. The number of halogens is 1. The first-order chi connectivity index (χ1) is 8.22. The summed E-state index contributed by atoms with van der Waals surface area (Å²) in [5, 5.41) is 0. The van der Waals surface area contributed by atoms with Crippen LogP contribution in [0.15, 0.2) is 18.2 Å². The maximum atomic E-state index is 13.2. The lowest BCUT2D eigenvalue weighted by molar-refractivity contribution is 0.0435. The van der Waals surface area contributed by atoms with Crippen molar-refractivity contribution in [3.63, 3.8) is 0 Å². The topological polar surface area (TPSA) is 18.5 Å². The monoisotopic (exact) mass is 238 g/mol. The fourth-order valence-electron chi connectivity index (χ4n) is 2.38. The Bertz CT molecular complexity index is 378. The minimum absolute atomic E-state index is 0.204. The van der Waals surface area contributed by atoms with E-state index in [2.05, 4.69) is 6.92 Å². The normalized spacial score (nSPS) is 23.9. The lowest BCUT2D eigenvalue weighted by atomic mass is 10.0. The van der Waals surface area contributed by atoms with Crippen LogP contribution in [0.2, 0.25) is 0 Å². The van der Waals surface area contributed by atoms with E-state index in [1.165, 1.54) is 6.07 Å². The Kier molecular flexibility index (Phi) is 4.00. The minimum atomic E-state index is -0.217. The highest BCUT2D eigenvalue weighted by Crippen LogP contribution is 2.28. The number of hydrogen-bond acceptors (Lipinski definition) is 2. The molecule has 1 aliphatic heterocycles. The zero-order valence-electron chi connectivity index (χ0n) is 10.4. The Balaban J connectivity index is 2.05. The largest absolute Gasteiger partial charge is 0.496 e. The van der Waals surface area contributed by atoms with Gasteiger partial charge in [-0.25, -0.2) is 4.39 Å². The second-order valence-electron chi connectivity index (χ2n) is 4.53. The molecule has 0 bridgehead atoms. The summed E-state index contributed by atoms with van der Waals surface area (Å²) in [5.74, 6) is 0.529. The van der Waals surface area contributed by atoms with Gasteiger partial charge in [-0.05, 0) is 43.0 Å². The van der Waals surface area contributed by atoms with E-state index < -0.39 is 0 Å². The van der Waals surface area contributed by atoms with Crippen molar-refractivity contribution in [3.05, 3.63) is 29.6 Å². The Morgan fingerprint density at radius 2 is 2.12 bits per heavy atom. The summed E-state index contributed by atoms with van der Waals surface area (Å²) in [6.07, 6.45) is 4.53. The van der Waals surface area contributed by atoms with Gasteiger partial charge in [0.2, 0.25) is 0 Å². The summed E-state index contributed by atoms with van der Waals surface area (Å²) in [5.41, 5.74) is 0.897. The van der Waals surface area contributed by atoms with Crippen molar-refractivity contribution >= 4 is 0 Å². The van der Waals surface area contributed by atoms with Crippen LogP contribution in [0.4, 0.5) is 4.39 Å². The van der Waals surface area contributed by atoms with Crippen molar-refractivity contribution in [1.82, 2.24) is 0 Å². The van der Waals surface area contributed by atoms with Gasteiger partial charge in [0.25, 0.3) is 0 Å². The van der Waals surface area contributed by atoms with E-state index in [-0.39, 0.29) is 11.9 Å². The second-order valence-corrected chi connectivity index (χ2v) is 4.53. The van der Waals surface area contributed by atoms with Gasteiger partial charge in [0.15, 0.2) is 0 Å².